The van der Waals surface area contributed by atoms with Crippen LogP contribution >= 0.6 is 0 Å². The van der Waals surface area contributed by atoms with Crippen molar-refractivity contribution in [2.75, 3.05) is 0 Å². The molecule has 11 rings (SSSR count). The van der Waals surface area contributed by atoms with Gasteiger partial charge in [-0.1, -0.05) is 115 Å². The smallest absolute Gasteiger partial charge is 0.235 e. The Labute approximate surface area is 274 Å². The van der Waals surface area contributed by atoms with Crippen LogP contribution in [0, 0.1) is 0 Å². The highest BCUT2D eigenvalue weighted by Crippen LogP contribution is 2.42. The maximum atomic E-state index is 6.49. The lowest BCUT2D eigenvalue weighted by atomic mass is 9.99. The normalized spacial score (nSPS) is 12.2. The Morgan fingerprint density at radius 3 is 1.73 bits per heavy atom. The van der Waals surface area contributed by atoms with E-state index in [4.69, 9.17) is 14.4 Å². The van der Waals surface area contributed by atoms with Crippen molar-refractivity contribution in [2.24, 2.45) is 0 Å². The zero-order valence-corrected chi connectivity index (χ0v) is 25.7. The van der Waals surface area contributed by atoms with Crippen molar-refractivity contribution in [3.63, 3.8) is 0 Å². The number of hydrogen-bond donors (Lipinski definition) is 0. The van der Waals surface area contributed by atoms with Gasteiger partial charge < -0.3 is 4.42 Å². The molecule has 0 aliphatic heterocycles. The van der Waals surface area contributed by atoms with Crippen LogP contribution in [0.5, 0.6) is 0 Å². The first kappa shape index (κ1) is 25.6. The molecule has 0 N–H and O–H groups in total. The van der Waals surface area contributed by atoms with Crippen LogP contribution in [0.3, 0.4) is 0 Å². The third-order valence-corrected chi connectivity index (χ3v) is 9.96. The van der Waals surface area contributed by atoms with Gasteiger partial charge in [0.05, 0.1) is 22.2 Å². The molecule has 0 amide bonds. The van der Waals surface area contributed by atoms with E-state index in [9.17, 15) is 0 Å². The second-order valence-corrected chi connectivity index (χ2v) is 12.6. The number of rotatable bonds is 2. The molecule has 0 bridgehead atoms. The number of para-hydroxylation sites is 1. The quantitative estimate of drug-likeness (QED) is 0.195. The zero-order valence-electron chi connectivity index (χ0n) is 25.7. The van der Waals surface area contributed by atoms with E-state index in [2.05, 4.69) is 156 Å². The van der Waals surface area contributed by atoms with Crippen molar-refractivity contribution in [3.8, 4) is 17.2 Å². The van der Waals surface area contributed by atoms with E-state index in [0.29, 0.717) is 5.95 Å². The molecule has 0 spiro atoms. The van der Waals surface area contributed by atoms with Crippen LogP contribution < -0.4 is 0 Å². The van der Waals surface area contributed by atoms with Gasteiger partial charge in [-0.25, -0.2) is 9.97 Å². The molecule has 0 fully saturated rings. The molecule has 4 nitrogen and oxygen atoms in total. The van der Waals surface area contributed by atoms with E-state index >= 15 is 0 Å². The number of nitrogens with zero attached hydrogens (tertiary/aromatic N) is 3. The lowest BCUT2D eigenvalue weighted by Crippen LogP contribution is -2.03. The highest BCUT2D eigenvalue weighted by Gasteiger charge is 2.22. The maximum absolute atomic E-state index is 6.49. The fourth-order valence-corrected chi connectivity index (χ4v) is 7.84. The number of aromatic nitrogens is 3. The van der Waals surface area contributed by atoms with Gasteiger partial charge in [-0.2, -0.15) is 0 Å². The van der Waals surface area contributed by atoms with E-state index in [0.717, 1.165) is 60.5 Å². The van der Waals surface area contributed by atoms with Crippen molar-refractivity contribution in [3.05, 3.63) is 152 Å². The molecule has 222 valence electrons. The van der Waals surface area contributed by atoms with E-state index < -0.39 is 0 Å². The number of fused-ring (bicyclic) bond motifs is 12. The van der Waals surface area contributed by atoms with Gasteiger partial charge in [0.1, 0.15) is 11.2 Å². The molecule has 4 heteroatoms. The minimum Gasteiger partial charge on any atom is -0.456 e. The molecule has 48 heavy (non-hydrogen) atoms. The molecule has 0 unspecified atom stereocenters. The summed E-state index contributed by atoms with van der Waals surface area (Å²) in [5.41, 5.74) is 6.68. The van der Waals surface area contributed by atoms with Crippen LogP contribution in [0.1, 0.15) is 0 Å². The van der Waals surface area contributed by atoms with Gasteiger partial charge in [0.2, 0.25) is 5.95 Å². The summed E-state index contributed by atoms with van der Waals surface area (Å²) < 4.78 is 8.74. The lowest BCUT2D eigenvalue weighted by Gasteiger charge is -2.12. The van der Waals surface area contributed by atoms with Gasteiger partial charge >= 0.3 is 0 Å². The minimum absolute atomic E-state index is 0.643. The molecule has 0 atom stereocenters. The fourth-order valence-electron chi connectivity index (χ4n) is 7.84. The molecule has 3 aromatic heterocycles. The molecular formula is C44H25N3O. The largest absolute Gasteiger partial charge is 0.456 e. The first-order valence-corrected chi connectivity index (χ1v) is 16.3. The van der Waals surface area contributed by atoms with E-state index in [1.165, 1.54) is 37.7 Å². The van der Waals surface area contributed by atoms with Crippen molar-refractivity contribution in [2.45, 2.75) is 0 Å². The minimum atomic E-state index is 0.643. The van der Waals surface area contributed by atoms with Crippen molar-refractivity contribution < 1.29 is 4.42 Å². The van der Waals surface area contributed by atoms with Gasteiger partial charge in [-0.05, 0) is 68.7 Å². The molecule has 0 saturated heterocycles. The molecule has 11 aromatic rings. The third-order valence-electron chi connectivity index (χ3n) is 9.96. The number of hydrogen-bond acceptors (Lipinski definition) is 3. The summed E-state index contributed by atoms with van der Waals surface area (Å²) in [5.74, 6) is 0.643. The highest BCUT2D eigenvalue weighted by atomic mass is 16.3. The van der Waals surface area contributed by atoms with Crippen LogP contribution in [-0.2, 0) is 0 Å². The van der Waals surface area contributed by atoms with Crippen LogP contribution in [0.15, 0.2) is 156 Å². The van der Waals surface area contributed by atoms with Crippen LogP contribution in [-0.4, -0.2) is 14.5 Å². The summed E-state index contributed by atoms with van der Waals surface area (Å²) in [6.07, 6.45) is 0. The summed E-state index contributed by atoms with van der Waals surface area (Å²) >= 11 is 0. The van der Waals surface area contributed by atoms with Crippen LogP contribution in [0.4, 0.5) is 0 Å². The molecular weight excluding hydrogens is 587 g/mol. The Morgan fingerprint density at radius 2 is 1.02 bits per heavy atom. The second-order valence-electron chi connectivity index (χ2n) is 12.6. The Morgan fingerprint density at radius 1 is 0.417 bits per heavy atom. The number of benzene rings is 8. The highest BCUT2D eigenvalue weighted by molar-refractivity contribution is 6.28. The fraction of sp³-hybridized carbons (Fsp3) is 0. The SMILES string of the molecule is c1ccc2cc3c(cc2c1)oc1cccc(-c2nc(-n4c5ccc6ccccc6c5c5c6ccccc6ccc54)nc4ccccc24)c13. The first-order valence-electron chi connectivity index (χ1n) is 16.3. The molecule has 8 aromatic carbocycles. The van der Waals surface area contributed by atoms with Gasteiger partial charge in [0.15, 0.2) is 0 Å². The summed E-state index contributed by atoms with van der Waals surface area (Å²) in [7, 11) is 0. The maximum Gasteiger partial charge on any atom is 0.235 e. The van der Waals surface area contributed by atoms with Crippen LogP contribution in [0.2, 0.25) is 0 Å². The van der Waals surface area contributed by atoms with Crippen molar-refractivity contribution in [1.82, 2.24) is 14.5 Å². The molecule has 3 heterocycles. The average Bonchev–Trinajstić information content (AvgIpc) is 3.69. The predicted octanol–water partition coefficient (Wildman–Crippen LogP) is 11.8. The average molecular weight is 612 g/mol. The standard InChI is InChI=1S/C44H25N3O/c1-2-13-29-25-39-34(24-28(29)12-1)40-33(17-9-19-38(40)48-39)43-32-16-7-8-18-35(32)45-44(46-43)47-36-22-20-26-10-3-5-14-30(26)41(36)42-31-15-6-4-11-27(31)21-23-37(42)47/h1-25H. The summed E-state index contributed by atoms with van der Waals surface area (Å²) in [6.45, 7) is 0. The second kappa shape index (κ2) is 9.50. The predicted molar refractivity (Wildman–Crippen MR) is 199 cm³/mol. The van der Waals surface area contributed by atoms with Gasteiger partial charge in [-0.15, -0.1) is 0 Å². The van der Waals surface area contributed by atoms with Gasteiger partial charge in [-0.3, -0.25) is 4.57 Å². The third kappa shape index (κ3) is 3.49. The Hall–Kier alpha value is -6.52. The molecule has 0 aliphatic carbocycles. The Kier molecular flexibility index (Phi) is 5.08. The van der Waals surface area contributed by atoms with Crippen molar-refractivity contribution >= 4 is 87.0 Å². The lowest BCUT2D eigenvalue weighted by molar-refractivity contribution is 0.669. The summed E-state index contributed by atoms with van der Waals surface area (Å²) in [5, 5.41) is 12.8. The van der Waals surface area contributed by atoms with E-state index in [1.54, 1.807) is 0 Å². The Bertz CT molecular complexity index is 3040. The molecule has 0 saturated carbocycles. The van der Waals surface area contributed by atoms with Crippen molar-refractivity contribution in [1.29, 1.82) is 0 Å². The summed E-state index contributed by atoms with van der Waals surface area (Å²) in [6, 6.07) is 53.6. The Balaban J connectivity index is 1.28. The van der Waals surface area contributed by atoms with Gasteiger partial charge in [0, 0.05) is 32.5 Å². The molecule has 0 aliphatic rings. The monoisotopic (exact) mass is 611 g/mol. The first-order chi connectivity index (χ1) is 23.8. The van der Waals surface area contributed by atoms with E-state index in [1.807, 2.05) is 0 Å². The summed E-state index contributed by atoms with van der Waals surface area (Å²) in [4.78, 5) is 10.7. The zero-order chi connectivity index (χ0) is 31.3. The van der Waals surface area contributed by atoms with E-state index in [-0.39, 0.29) is 0 Å². The molecule has 0 radical (unpaired) electrons. The van der Waals surface area contributed by atoms with Crippen LogP contribution in [0.25, 0.3) is 104 Å². The number of furan rings is 1. The van der Waals surface area contributed by atoms with Gasteiger partial charge in [0.25, 0.3) is 0 Å². The topological polar surface area (TPSA) is 43.9 Å².